The summed E-state index contributed by atoms with van der Waals surface area (Å²) < 4.78 is 0. The van der Waals surface area contributed by atoms with E-state index in [-0.39, 0.29) is 18.7 Å². The molecule has 1 rings (SSSR count). The number of aliphatic hydroxyl groups is 3. The fraction of sp³-hybridized carbons (Fsp3) is 1.00. The van der Waals surface area contributed by atoms with Crippen LogP contribution in [0.4, 0.5) is 0 Å². The zero-order valence-corrected chi connectivity index (χ0v) is 5.86. The van der Waals surface area contributed by atoms with Crippen molar-refractivity contribution in [3.05, 3.63) is 0 Å². The smallest absolute Gasteiger partial charge is 0.0989 e. The van der Waals surface area contributed by atoms with Crippen molar-refractivity contribution in [3.8, 4) is 0 Å². The third-order valence-electron chi connectivity index (χ3n) is 1.95. The van der Waals surface area contributed by atoms with Gasteiger partial charge in [0.2, 0.25) is 0 Å². The Morgan fingerprint density at radius 2 is 1.90 bits per heavy atom. The number of hydrogen-bond acceptors (Lipinski definition) is 4. The molecule has 1 fully saturated rings. The van der Waals surface area contributed by atoms with Crippen molar-refractivity contribution >= 4 is 0 Å². The highest BCUT2D eigenvalue weighted by Gasteiger charge is 2.37. The van der Waals surface area contributed by atoms with Crippen LogP contribution in [0, 0.1) is 0 Å². The van der Waals surface area contributed by atoms with Gasteiger partial charge in [0.15, 0.2) is 0 Å². The van der Waals surface area contributed by atoms with E-state index in [1.54, 1.807) is 6.92 Å². The lowest BCUT2D eigenvalue weighted by Gasteiger charge is -2.11. The van der Waals surface area contributed by atoms with Gasteiger partial charge >= 0.3 is 0 Å². The van der Waals surface area contributed by atoms with E-state index in [2.05, 4.69) is 5.32 Å². The van der Waals surface area contributed by atoms with Crippen molar-refractivity contribution in [1.82, 2.24) is 5.32 Å². The maximum absolute atomic E-state index is 9.16. The van der Waals surface area contributed by atoms with Crippen molar-refractivity contribution in [2.24, 2.45) is 0 Å². The van der Waals surface area contributed by atoms with Crippen molar-refractivity contribution in [2.45, 2.75) is 31.2 Å². The lowest BCUT2D eigenvalue weighted by Crippen LogP contribution is -2.36. The SMILES string of the molecule is C[C@H]1NC(CO)C(O)C1O. The molecule has 4 atom stereocenters. The molecule has 4 heteroatoms. The largest absolute Gasteiger partial charge is 0.395 e. The van der Waals surface area contributed by atoms with Crippen molar-refractivity contribution in [2.75, 3.05) is 6.61 Å². The first-order chi connectivity index (χ1) is 4.66. The molecule has 1 aliphatic heterocycles. The maximum Gasteiger partial charge on any atom is 0.0989 e. The summed E-state index contributed by atoms with van der Waals surface area (Å²) in [6, 6.07) is -0.503. The Kier molecular flexibility index (Phi) is 2.25. The molecule has 1 heterocycles. The molecule has 0 saturated carbocycles. The number of hydrogen-bond donors (Lipinski definition) is 4. The second kappa shape index (κ2) is 2.84. The van der Waals surface area contributed by atoms with Gasteiger partial charge in [0.05, 0.1) is 24.9 Å². The molecule has 0 spiro atoms. The van der Waals surface area contributed by atoms with Gasteiger partial charge in [0, 0.05) is 6.04 Å². The van der Waals surface area contributed by atoms with Crippen molar-refractivity contribution < 1.29 is 15.3 Å². The van der Waals surface area contributed by atoms with Gasteiger partial charge in [-0.2, -0.15) is 0 Å². The molecule has 0 radical (unpaired) electrons. The third kappa shape index (κ3) is 1.15. The van der Waals surface area contributed by atoms with Crippen LogP contribution in [0.5, 0.6) is 0 Å². The average molecular weight is 147 g/mol. The summed E-state index contributed by atoms with van der Waals surface area (Å²) in [6.07, 6.45) is -1.59. The summed E-state index contributed by atoms with van der Waals surface area (Å²) in [5.74, 6) is 0. The van der Waals surface area contributed by atoms with E-state index >= 15 is 0 Å². The van der Waals surface area contributed by atoms with E-state index in [9.17, 15) is 0 Å². The fourth-order valence-corrected chi connectivity index (χ4v) is 1.23. The summed E-state index contributed by atoms with van der Waals surface area (Å²) in [7, 11) is 0. The highest BCUT2D eigenvalue weighted by molar-refractivity contribution is 4.95. The predicted molar refractivity (Wildman–Crippen MR) is 35.5 cm³/mol. The Labute approximate surface area is 59.5 Å². The summed E-state index contributed by atoms with van der Waals surface area (Å²) in [4.78, 5) is 0. The van der Waals surface area contributed by atoms with Gasteiger partial charge in [-0.3, -0.25) is 0 Å². The summed E-state index contributed by atoms with van der Waals surface area (Å²) in [5.41, 5.74) is 0. The molecule has 0 aliphatic carbocycles. The van der Waals surface area contributed by atoms with Crippen LogP contribution in [0.3, 0.4) is 0 Å². The molecule has 3 unspecified atom stereocenters. The number of rotatable bonds is 1. The lowest BCUT2D eigenvalue weighted by molar-refractivity contribution is 0.0214. The van der Waals surface area contributed by atoms with Crippen molar-refractivity contribution in [1.29, 1.82) is 0 Å². The molecule has 10 heavy (non-hydrogen) atoms. The van der Waals surface area contributed by atoms with Gasteiger partial charge < -0.3 is 20.6 Å². The van der Waals surface area contributed by atoms with Crippen LogP contribution >= 0.6 is 0 Å². The molecular formula is C6H13NO3. The zero-order chi connectivity index (χ0) is 7.72. The molecule has 1 aliphatic rings. The summed E-state index contributed by atoms with van der Waals surface area (Å²) in [5, 5.41) is 29.8. The predicted octanol–water partition coefficient (Wildman–Crippen LogP) is -1.94. The van der Waals surface area contributed by atoms with Crippen LogP contribution < -0.4 is 5.32 Å². The minimum Gasteiger partial charge on any atom is -0.395 e. The minimum absolute atomic E-state index is 0.132. The molecule has 4 nitrogen and oxygen atoms in total. The van der Waals surface area contributed by atoms with Crippen LogP contribution in [0.2, 0.25) is 0 Å². The van der Waals surface area contributed by atoms with Crippen molar-refractivity contribution in [3.63, 3.8) is 0 Å². The monoisotopic (exact) mass is 147 g/mol. The molecule has 0 aromatic heterocycles. The Morgan fingerprint density at radius 1 is 1.30 bits per heavy atom. The molecule has 0 amide bonds. The van der Waals surface area contributed by atoms with Crippen LogP contribution in [0.25, 0.3) is 0 Å². The Balaban J connectivity index is 2.53. The number of aliphatic hydroxyl groups excluding tert-OH is 3. The third-order valence-corrected chi connectivity index (χ3v) is 1.95. The maximum atomic E-state index is 9.16. The average Bonchev–Trinajstić information content (AvgIpc) is 2.17. The van der Waals surface area contributed by atoms with Crippen LogP contribution in [0.1, 0.15) is 6.92 Å². The van der Waals surface area contributed by atoms with E-state index in [1.807, 2.05) is 0 Å². The van der Waals surface area contributed by atoms with Gasteiger partial charge in [-0.1, -0.05) is 0 Å². The van der Waals surface area contributed by atoms with Crippen LogP contribution in [-0.4, -0.2) is 46.2 Å². The Morgan fingerprint density at radius 3 is 2.10 bits per heavy atom. The summed E-state index contributed by atoms with van der Waals surface area (Å²) in [6.45, 7) is 1.63. The van der Waals surface area contributed by atoms with Gasteiger partial charge in [0.25, 0.3) is 0 Å². The van der Waals surface area contributed by atoms with E-state index in [1.165, 1.54) is 0 Å². The second-order valence-corrected chi connectivity index (χ2v) is 2.73. The first-order valence-corrected chi connectivity index (χ1v) is 3.40. The molecule has 0 aromatic rings. The van der Waals surface area contributed by atoms with Gasteiger partial charge in [-0.15, -0.1) is 0 Å². The topological polar surface area (TPSA) is 72.7 Å². The standard InChI is InChI=1S/C6H13NO3/c1-3-5(9)6(10)4(2-8)7-3/h3-10H,2H2,1H3/t3-,4?,5?,6?/m1/s1. The highest BCUT2D eigenvalue weighted by Crippen LogP contribution is 2.12. The van der Waals surface area contributed by atoms with Crippen LogP contribution in [0.15, 0.2) is 0 Å². The quantitative estimate of drug-likeness (QED) is 0.348. The second-order valence-electron chi connectivity index (χ2n) is 2.73. The normalized spacial score (nSPS) is 48.0. The zero-order valence-electron chi connectivity index (χ0n) is 5.86. The molecule has 0 bridgehead atoms. The van der Waals surface area contributed by atoms with E-state index in [4.69, 9.17) is 15.3 Å². The Bertz CT molecular complexity index is 120. The lowest BCUT2D eigenvalue weighted by atomic mass is 10.1. The first-order valence-electron chi connectivity index (χ1n) is 3.40. The van der Waals surface area contributed by atoms with E-state index in [0.29, 0.717) is 0 Å². The minimum atomic E-state index is -0.833. The molecular weight excluding hydrogens is 134 g/mol. The number of nitrogens with one attached hydrogen (secondary N) is 1. The molecule has 4 N–H and O–H groups in total. The van der Waals surface area contributed by atoms with Gasteiger partial charge in [-0.05, 0) is 6.92 Å². The first kappa shape index (κ1) is 7.94. The van der Waals surface area contributed by atoms with Crippen LogP contribution in [-0.2, 0) is 0 Å². The fourth-order valence-electron chi connectivity index (χ4n) is 1.23. The highest BCUT2D eigenvalue weighted by atomic mass is 16.3. The Hall–Kier alpha value is -0.160. The van der Waals surface area contributed by atoms with Gasteiger partial charge in [0.1, 0.15) is 0 Å². The molecule has 60 valence electrons. The van der Waals surface area contributed by atoms with E-state index < -0.39 is 12.2 Å². The molecule has 1 saturated heterocycles. The molecule has 0 aromatic carbocycles. The summed E-state index contributed by atoms with van der Waals surface area (Å²) >= 11 is 0. The van der Waals surface area contributed by atoms with Gasteiger partial charge in [-0.25, -0.2) is 0 Å². The van der Waals surface area contributed by atoms with E-state index in [0.717, 1.165) is 0 Å².